The molecule has 1 aromatic rings. The molecule has 1 atom stereocenters. The van der Waals surface area contributed by atoms with Crippen molar-refractivity contribution in [2.75, 3.05) is 5.32 Å². The Bertz CT molecular complexity index is 420. The normalized spacial score (nSPS) is 11.7. The first-order valence-electron chi connectivity index (χ1n) is 5.52. The van der Waals surface area contributed by atoms with Crippen molar-refractivity contribution in [3.63, 3.8) is 0 Å². The third-order valence-corrected chi connectivity index (χ3v) is 2.99. The van der Waals surface area contributed by atoms with Gasteiger partial charge in [0.25, 0.3) is 0 Å². The molecule has 0 saturated carbocycles. The highest BCUT2D eigenvalue weighted by Crippen LogP contribution is 2.10. The van der Waals surface area contributed by atoms with Crippen LogP contribution in [0.25, 0.3) is 0 Å². The molecule has 2 amide bonds. The number of carboxylic acid groups (broad SMARTS) is 1. The van der Waals surface area contributed by atoms with Gasteiger partial charge in [-0.25, -0.2) is 4.79 Å². The van der Waals surface area contributed by atoms with Crippen LogP contribution in [0.4, 0.5) is 10.5 Å². The summed E-state index contributed by atoms with van der Waals surface area (Å²) in [5.74, 6) is -0.860. The number of rotatable bonds is 5. The maximum absolute atomic E-state index is 11.6. The standard InChI is InChI=1S/C12H15IN2O3/c1-8(2-7-11(16)17)14-12(18)15-10-5-3-9(13)4-6-10/h3-6,8H,2,7H2,1H3,(H,16,17)(H2,14,15,18). The summed E-state index contributed by atoms with van der Waals surface area (Å²) >= 11 is 2.18. The van der Waals surface area contributed by atoms with Crippen LogP contribution in [0, 0.1) is 3.57 Å². The molecule has 3 N–H and O–H groups in total. The van der Waals surface area contributed by atoms with Gasteiger partial charge in [0.2, 0.25) is 0 Å². The maximum Gasteiger partial charge on any atom is 0.319 e. The zero-order valence-electron chi connectivity index (χ0n) is 9.94. The molecule has 0 bridgehead atoms. The van der Waals surface area contributed by atoms with Crippen LogP contribution < -0.4 is 10.6 Å². The molecule has 0 spiro atoms. The van der Waals surface area contributed by atoms with Crippen LogP contribution in [-0.4, -0.2) is 23.1 Å². The zero-order valence-corrected chi connectivity index (χ0v) is 12.1. The SMILES string of the molecule is CC(CCC(=O)O)NC(=O)Nc1ccc(I)cc1. The number of urea groups is 1. The van der Waals surface area contributed by atoms with E-state index in [0.717, 1.165) is 3.57 Å². The van der Waals surface area contributed by atoms with Gasteiger partial charge >= 0.3 is 12.0 Å². The van der Waals surface area contributed by atoms with Gasteiger partial charge in [0.1, 0.15) is 0 Å². The summed E-state index contributed by atoms with van der Waals surface area (Å²) in [6.45, 7) is 1.77. The van der Waals surface area contributed by atoms with Gasteiger partial charge in [-0.05, 0) is 60.2 Å². The van der Waals surface area contributed by atoms with Crippen molar-refractivity contribution in [1.82, 2.24) is 5.32 Å². The van der Waals surface area contributed by atoms with E-state index in [1.807, 2.05) is 24.3 Å². The number of benzene rings is 1. The second-order valence-electron chi connectivity index (χ2n) is 3.94. The first-order valence-corrected chi connectivity index (χ1v) is 6.60. The molecule has 5 nitrogen and oxygen atoms in total. The van der Waals surface area contributed by atoms with E-state index < -0.39 is 5.97 Å². The van der Waals surface area contributed by atoms with Gasteiger partial charge < -0.3 is 15.7 Å². The van der Waals surface area contributed by atoms with Crippen LogP contribution in [-0.2, 0) is 4.79 Å². The van der Waals surface area contributed by atoms with Crippen LogP contribution >= 0.6 is 22.6 Å². The molecule has 1 aromatic carbocycles. The third kappa shape index (κ3) is 5.85. The maximum atomic E-state index is 11.6. The van der Waals surface area contributed by atoms with Crippen molar-refractivity contribution in [2.45, 2.75) is 25.8 Å². The Balaban J connectivity index is 2.37. The van der Waals surface area contributed by atoms with Crippen LogP contribution in [0.1, 0.15) is 19.8 Å². The van der Waals surface area contributed by atoms with Crippen molar-refractivity contribution < 1.29 is 14.7 Å². The van der Waals surface area contributed by atoms with Gasteiger partial charge in [-0.2, -0.15) is 0 Å². The molecule has 98 valence electrons. The van der Waals surface area contributed by atoms with E-state index in [9.17, 15) is 9.59 Å². The fourth-order valence-electron chi connectivity index (χ4n) is 1.34. The third-order valence-electron chi connectivity index (χ3n) is 2.27. The predicted molar refractivity (Wildman–Crippen MR) is 77.6 cm³/mol. The number of anilines is 1. The highest BCUT2D eigenvalue weighted by Gasteiger charge is 2.09. The number of halogens is 1. The van der Waals surface area contributed by atoms with E-state index in [0.29, 0.717) is 12.1 Å². The van der Waals surface area contributed by atoms with Crippen molar-refractivity contribution in [3.8, 4) is 0 Å². The van der Waals surface area contributed by atoms with Crippen molar-refractivity contribution >= 4 is 40.3 Å². The van der Waals surface area contributed by atoms with E-state index in [-0.39, 0.29) is 18.5 Å². The molecule has 6 heteroatoms. The number of carbonyl (C=O) groups excluding carboxylic acids is 1. The molecule has 0 radical (unpaired) electrons. The number of carboxylic acids is 1. The molecule has 0 saturated heterocycles. The van der Waals surface area contributed by atoms with E-state index in [2.05, 4.69) is 33.2 Å². The van der Waals surface area contributed by atoms with Crippen LogP contribution in [0.5, 0.6) is 0 Å². The Morgan fingerprint density at radius 2 is 1.94 bits per heavy atom. The van der Waals surface area contributed by atoms with Crippen LogP contribution in [0.3, 0.4) is 0 Å². The zero-order chi connectivity index (χ0) is 13.5. The molecular weight excluding hydrogens is 347 g/mol. The van der Waals surface area contributed by atoms with Gasteiger partial charge in [-0.3, -0.25) is 4.79 Å². The molecule has 0 heterocycles. The minimum atomic E-state index is -0.860. The Morgan fingerprint density at radius 3 is 2.50 bits per heavy atom. The number of aliphatic carboxylic acids is 1. The fourth-order valence-corrected chi connectivity index (χ4v) is 1.70. The van der Waals surface area contributed by atoms with Crippen LogP contribution in [0.2, 0.25) is 0 Å². The Kier molecular flexibility index (Phi) is 5.90. The Morgan fingerprint density at radius 1 is 1.33 bits per heavy atom. The number of hydrogen-bond acceptors (Lipinski definition) is 2. The first kappa shape index (κ1) is 14.7. The van der Waals surface area contributed by atoms with Crippen molar-refractivity contribution in [3.05, 3.63) is 27.8 Å². The minimum absolute atomic E-state index is 0.0466. The molecule has 0 aliphatic heterocycles. The Labute approximate surface area is 119 Å². The van der Waals surface area contributed by atoms with Crippen molar-refractivity contribution in [2.24, 2.45) is 0 Å². The highest BCUT2D eigenvalue weighted by molar-refractivity contribution is 14.1. The summed E-state index contributed by atoms with van der Waals surface area (Å²) in [5, 5.41) is 13.9. The summed E-state index contributed by atoms with van der Waals surface area (Å²) in [4.78, 5) is 22.0. The average Bonchev–Trinajstić information content (AvgIpc) is 2.29. The summed E-state index contributed by atoms with van der Waals surface area (Å²) in [7, 11) is 0. The highest BCUT2D eigenvalue weighted by atomic mass is 127. The van der Waals surface area contributed by atoms with Gasteiger partial charge in [0.05, 0.1) is 0 Å². The summed E-state index contributed by atoms with van der Waals surface area (Å²) in [6, 6.07) is 6.90. The monoisotopic (exact) mass is 362 g/mol. The topological polar surface area (TPSA) is 78.4 Å². The van der Waals surface area contributed by atoms with Gasteiger partial charge in [0, 0.05) is 21.7 Å². The van der Waals surface area contributed by atoms with Crippen molar-refractivity contribution in [1.29, 1.82) is 0 Å². The largest absolute Gasteiger partial charge is 0.481 e. The number of hydrogen-bond donors (Lipinski definition) is 3. The lowest BCUT2D eigenvalue weighted by Crippen LogP contribution is -2.36. The quantitative estimate of drug-likeness (QED) is 0.705. The first-order chi connectivity index (χ1) is 8.47. The van der Waals surface area contributed by atoms with E-state index in [4.69, 9.17) is 5.11 Å². The number of amides is 2. The second-order valence-corrected chi connectivity index (χ2v) is 5.18. The van der Waals surface area contributed by atoms with Crippen LogP contribution in [0.15, 0.2) is 24.3 Å². The number of nitrogens with one attached hydrogen (secondary N) is 2. The van der Waals surface area contributed by atoms with E-state index in [1.54, 1.807) is 6.92 Å². The molecular formula is C12H15IN2O3. The molecule has 0 aliphatic rings. The number of carbonyl (C=O) groups is 2. The summed E-state index contributed by atoms with van der Waals surface area (Å²) in [6.07, 6.45) is 0.459. The fraction of sp³-hybridized carbons (Fsp3) is 0.333. The summed E-state index contributed by atoms with van der Waals surface area (Å²) < 4.78 is 1.09. The smallest absolute Gasteiger partial charge is 0.319 e. The molecule has 0 aromatic heterocycles. The second kappa shape index (κ2) is 7.20. The molecule has 18 heavy (non-hydrogen) atoms. The molecule has 1 unspecified atom stereocenters. The molecule has 0 aliphatic carbocycles. The lowest BCUT2D eigenvalue weighted by molar-refractivity contribution is -0.137. The lowest BCUT2D eigenvalue weighted by Gasteiger charge is -2.13. The van der Waals surface area contributed by atoms with Gasteiger partial charge in [0.15, 0.2) is 0 Å². The van der Waals surface area contributed by atoms with Gasteiger partial charge in [-0.15, -0.1) is 0 Å². The average molecular weight is 362 g/mol. The summed E-state index contributed by atoms with van der Waals surface area (Å²) in [5.41, 5.74) is 0.707. The molecule has 1 rings (SSSR count). The predicted octanol–water partition coefficient (Wildman–Crippen LogP) is 2.67. The Hall–Kier alpha value is -1.31. The minimum Gasteiger partial charge on any atom is -0.481 e. The molecule has 0 fully saturated rings. The van der Waals surface area contributed by atoms with E-state index in [1.165, 1.54) is 0 Å². The van der Waals surface area contributed by atoms with Gasteiger partial charge in [-0.1, -0.05) is 0 Å². The van der Waals surface area contributed by atoms with E-state index >= 15 is 0 Å². The lowest BCUT2D eigenvalue weighted by atomic mass is 10.2.